The van der Waals surface area contributed by atoms with Crippen LogP contribution in [0.2, 0.25) is 0 Å². The van der Waals surface area contributed by atoms with Crippen molar-refractivity contribution in [2.45, 2.75) is 44.6 Å². The van der Waals surface area contributed by atoms with Crippen molar-refractivity contribution >= 4 is 22.6 Å². The number of aromatic nitrogens is 5. The number of carbonyl (C=O) groups excluding carboxylic acids is 1. The number of aromatic amines is 1. The van der Waals surface area contributed by atoms with Crippen LogP contribution in [-0.4, -0.2) is 81.1 Å². The summed E-state index contributed by atoms with van der Waals surface area (Å²) >= 11 is 0. The molecule has 1 fully saturated rings. The van der Waals surface area contributed by atoms with E-state index in [1.807, 2.05) is 19.3 Å². The molecule has 1 aliphatic rings. The van der Waals surface area contributed by atoms with Crippen molar-refractivity contribution in [2.75, 3.05) is 34.8 Å². The van der Waals surface area contributed by atoms with Crippen molar-refractivity contribution in [3.8, 4) is 17.0 Å². The SMILES string of the molecule is COc1cc(-c2[nH]c3ccc(C4CC(N(C)CC(=O)N(C)C)C4)nc3c2C(C)C)cn2ncnc12. The molecule has 0 spiro atoms. The second-order valence-electron chi connectivity index (χ2n) is 10.1. The Kier molecular flexibility index (Phi) is 5.96. The maximum absolute atomic E-state index is 12.1. The van der Waals surface area contributed by atoms with E-state index in [2.05, 4.69) is 45.9 Å². The molecule has 1 N–H and O–H groups in total. The molecule has 4 heterocycles. The van der Waals surface area contributed by atoms with E-state index in [1.165, 1.54) is 11.9 Å². The van der Waals surface area contributed by atoms with Gasteiger partial charge in [-0.3, -0.25) is 14.7 Å². The first-order chi connectivity index (χ1) is 16.8. The average molecular weight is 476 g/mol. The summed E-state index contributed by atoms with van der Waals surface area (Å²) in [6, 6.07) is 6.70. The van der Waals surface area contributed by atoms with Gasteiger partial charge in [0.1, 0.15) is 6.33 Å². The minimum Gasteiger partial charge on any atom is -0.493 e. The molecule has 0 unspecified atom stereocenters. The van der Waals surface area contributed by atoms with Gasteiger partial charge < -0.3 is 14.6 Å². The molecular weight excluding hydrogens is 442 g/mol. The first-order valence-electron chi connectivity index (χ1n) is 12.1. The molecule has 0 atom stereocenters. The summed E-state index contributed by atoms with van der Waals surface area (Å²) in [5, 5.41) is 4.31. The van der Waals surface area contributed by atoms with Gasteiger partial charge in [0.05, 0.1) is 30.4 Å². The van der Waals surface area contributed by atoms with Crippen LogP contribution in [0.3, 0.4) is 0 Å². The lowest BCUT2D eigenvalue weighted by molar-refractivity contribution is -0.130. The maximum atomic E-state index is 12.1. The number of ether oxygens (including phenoxy) is 1. The Morgan fingerprint density at radius 2 is 2.03 bits per heavy atom. The number of hydrogen-bond donors (Lipinski definition) is 1. The molecule has 184 valence electrons. The summed E-state index contributed by atoms with van der Waals surface area (Å²) < 4.78 is 7.33. The molecule has 0 radical (unpaired) electrons. The zero-order valence-corrected chi connectivity index (χ0v) is 21.2. The van der Waals surface area contributed by atoms with Crippen molar-refractivity contribution < 1.29 is 9.53 Å². The molecule has 1 amide bonds. The van der Waals surface area contributed by atoms with Crippen LogP contribution in [0, 0.1) is 0 Å². The number of H-pyrrole nitrogens is 1. The molecule has 0 saturated heterocycles. The van der Waals surface area contributed by atoms with Crippen molar-refractivity contribution in [1.82, 2.24) is 34.4 Å². The van der Waals surface area contributed by atoms with Crippen LogP contribution < -0.4 is 4.74 Å². The van der Waals surface area contributed by atoms with E-state index in [1.54, 1.807) is 30.6 Å². The second kappa shape index (κ2) is 8.96. The number of amides is 1. The number of pyridine rings is 2. The van der Waals surface area contributed by atoms with Gasteiger partial charge >= 0.3 is 0 Å². The Morgan fingerprint density at radius 1 is 1.26 bits per heavy atom. The number of nitrogens with one attached hydrogen (secondary N) is 1. The van der Waals surface area contributed by atoms with Crippen molar-refractivity contribution in [2.24, 2.45) is 0 Å². The second-order valence-corrected chi connectivity index (χ2v) is 10.1. The van der Waals surface area contributed by atoms with E-state index in [9.17, 15) is 4.79 Å². The lowest BCUT2D eigenvalue weighted by Crippen LogP contribution is -2.46. The van der Waals surface area contributed by atoms with Gasteiger partial charge in [0.15, 0.2) is 11.4 Å². The molecule has 1 aliphatic carbocycles. The number of methoxy groups -OCH3 is 1. The number of rotatable bonds is 7. The van der Waals surface area contributed by atoms with E-state index in [-0.39, 0.29) is 11.8 Å². The fourth-order valence-corrected chi connectivity index (χ4v) is 4.97. The summed E-state index contributed by atoms with van der Waals surface area (Å²) in [5.74, 6) is 1.50. The zero-order chi connectivity index (χ0) is 24.9. The molecule has 5 rings (SSSR count). The Morgan fingerprint density at radius 3 is 2.71 bits per heavy atom. The largest absolute Gasteiger partial charge is 0.493 e. The molecule has 1 saturated carbocycles. The van der Waals surface area contributed by atoms with E-state index >= 15 is 0 Å². The van der Waals surface area contributed by atoms with Crippen LogP contribution >= 0.6 is 0 Å². The summed E-state index contributed by atoms with van der Waals surface area (Å²) in [7, 11) is 7.29. The molecule has 4 aromatic rings. The average Bonchev–Trinajstić information content (AvgIpc) is 3.41. The number of carbonyl (C=O) groups is 1. The van der Waals surface area contributed by atoms with Gasteiger partial charge in [-0.05, 0) is 44.0 Å². The number of hydrogen-bond acceptors (Lipinski definition) is 6. The number of likely N-dealkylation sites (N-methyl/N-ethyl adjacent to an activating group) is 2. The number of fused-ring (bicyclic) bond motifs is 2. The quantitative estimate of drug-likeness (QED) is 0.439. The topological polar surface area (TPSA) is 91.7 Å². The number of nitrogens with zero attached hydrogens (tertiary/aromatic N) is 6. The standard InChI is InChI=1S/C26H33N7O2/c1-15(2)23-24(17-11-21(35-6)26-27-14-28-33(26)12-17)30-20-8-7-19(29-25(20)23)16-9-18(10-16)32(5)13-22(34)31(3)4/h7-8,11-12,14-16,18,30H,9-10,13H2,1-6H3. The summed E-state index contributed by atoms with van der Waals surface area (Å²) in [6.07, 6.45) is 5.54. The Labute approximate surface area is 205 Å². The minimum atomic E-state index is 0.137. The van der Waals surface area contributed by atoms with Crippen LogP contribution in [-0.2, 0) is 4.79 Å². The monoisotopic (exact) mass is 475 g/mol. The van der Waals surface area contributed by atoms with Gasteiger partial charge in [0, 0.05) is 49.1 Å². The molecule has 0 aromatic carbocycles. The van der Waals surface area contributed by atoms with Gasteiger partial charge in [0.25, 0.3) is 0 Å². The fourth-order valence-electron chi connectivity index (χ4n) is 4.97. The van der Waals surface area contributed by atoms with Gasteiger partial charge in [-0.2, -0.15) is 5.10 Å². The third kappa shape index (κ3) is 4.14. The normalized spacial score (nSPS) is 17.9. The molecule has 9 nitrogen and oxygen atoms in total. The fraction of sp³-hybridized carbons (Fsp3) is 0.462. The van der Waals surface area contributed by atoms with E-state index in [4.69, 9.17) is 9.72 Å². The molecule has 9 heteroatoms. The van der Waals surface area contributed by atoms with Crippen molar-refractivity contribution in [1.29, 1.82) is 0 Å². The predicted octanol–water partition coefficient (Wildman–Crippen LogP) is 3.67. The molecule has 0 aliphatic heterocycles. The van der Waals surface area contributed by atoms with E-state index in [0.717, 1.165) is 40.8 Å². The van der Waals surface area contributed by atoms with Crippen LogP contribution in [0.5, 0.6) is 5.75 Å². The third-order valence-corrected chi connectivity index (χ3v) is 7.17. The van der Waals surface area contributed by atoms with Gasteiger partial charge in [-0.25, -0.2) is 9.50 Å². The Balaban J connectivity index is 1.45. The highest BCUT2D eigenvalue weighted by atomic mass is 16.5. The van der Waals surface area contributed by atoms with Crippen LogP contribution in [0.15, 0.2) is 30.7 Å². The first kappa shape index (κ1) is 23.3. The molecular formula is C26H33N7O2. The molecule has 4 aromatic heterocycles. The first-order valence-corrected chi connectivity index (χ1v) is 12.1. The maximum Gasteiger partial charge on any atom is 0.236 e. The Hall–Kier alpha value is -3.46. The lowest BCUT2D eigenvalue weighted by Gasteiger charge is -2.41. The Bertz CT molecular complexity index is 1380. The van der Waals surface area contributed by atoms with E-state index < -0.39 is 0 Å². The molecule has 35 heavy (non-hydrogen) atoms. The van der Waals surface area contributed by atoms with Crippen LogP contribution in [0.1, 0.15) is 49.8 Å². The van der Waals surface area contributed by atoms with Crippen LogP contribution in [0.25, 0.3) is 27.9 Å². The van der Waals surface area contributed by atoms with Crippen LogP contribution in [0.4, 0.5) is 0 Å². The van der Waals surface area contributed by atoms with Crippen molar-refractivity contribution in [3.05, 3.63) is 42.0 Å². The smallest absolute Gasteiger partial charge is 0.236 e. The summed E-state index contributed by atoms with van der Waals surface area (Å²) in [4.78, 5) is 28.9. The third-order valence-electron chi connectivity index (χ3n) is 7.17. The highest BCUT2D eigenvalue weighted by Crippen LogP contribution is 2.41. The molecule has 0 bridgehead atoms. The highest BCUT2D eigenvalue weighted by Gasteiger charge is 2.35. The minimum absolute atomic E-state index is 0.137. The summed E-state index contributed by atoms with van der Waals surface area (Å²) in [6.45, 7) is 4.85. The van der Waals surface area contributed by atoms with E-state index in [0.29, 0.717) is 29.9 Å². The zero-order valence-electron chi connectivity index (χ0n) is 21.2. The van der Waals surface area contributed by atoms with Gasteiger partial charge in [-0.15, -0.1) is 0 Å². The van der Waals surface area contributed by atoms with Gasteiger partial charge in [-0.1, -0.05) is 13.8 Å². The van der Waals surface area contributed by atoms with Gasteiger partial charge in [0.2, 0.25) is 5.91 Å². The van der Waals surface area contributed by atoms with Crippen molar-refractivity contribution in [3.63, 3.8) is 0 Å². The highest BCUT2D eigenvalue weighted by molar-refractivity contribution is 5.89. The summed E-state index contributed by atoms with van der Waals surface area (Å²) in [5.41, 5.74) is 7.06. The predicted molar refractivity (Wildman–Crippen MR) is 136 cm³/mol. The lowest BCUT2D eigenvalue weighted by atomic mass is 9.77.